The van der Waals surface area contributed by atoms with Gasteiger partial charge in [0, 0.05) is 20.6 Å². The Bertz CT molecular complexity index is 1670. The van der Waals surface area contributed by atoms with Crippen LogP contribution in [0.5, 0.6) is 0 Å². The third-order valence-electron chi connectivity index (χ3n) is 10.0. The third kappa shape index (κ3) is 12.3. The topological polar surface area (TPSA) is 69.7 Å². The first kappa shape index (κ1) is 47.9. The van der Waals surface area contributed by atoms with Crippen LogP contribution in [0, 0.1) is 0 Å². The van der Waals surface area contributed by atoms with Crippen LogP contribution < -0.4 is 0 Å². The summed E-state index contributed by atoms with van der Waals surface area (Å²) in [6, 6.07) is 21.9. The molecule has 3 aromatic carbocycles. The summed E-state index contributed by atoms with van der Waals surface area (Å²) in [5.74, 6) is -1.40. The van der Waals surface area contributed by atoms with E-state index in [1.807, 2.05) is 98.7 Å². The minimum atomic E-state index is -5.99. The molecule has 0 saturated carbocycles. The lowest BCUT2D eigenvalue weighted by Crippen LogP contribution is -2.41. The summed E-state index contributed by atoms with van der Waals surface area (Å²) in [6.45, 7) is 17.6. The van der Waals surface area contributed by atoms with E-state index in [4.69, 9.17) is 20.0 Å². The van der Waals surface area contributed by atoms with Crippen LogP contribution in [0.15, 0.2) is 87.5 Å². The first-order valence-corrected chi connectivity index (χ1v) is 23.8. The van der Waals surface area contributed by atoms with Gasteiger partial charge < -0.3 is 4.74 Å². The second-order valence-electron chi connectivity index (χ2n) is 17.9. The number of hydrogen-bond donors (Lipinski definition) is 0. The summed E-state index contributed by atoms with van der Waals surface area (Å²) >= 11 is 5.74. The summed E-state index contributed by atoms with van der Waals surface area (Å²) in [5, 5.41) is -4.99. The second kappa shape index (κ2) is 20.5. The third-order valence-corrected chi connectivity index (χ3v) is 15.5. The Labute approximate surface area is 344 Å². The number of unbranched alkanes of at least 4 members (excludes halogenated alkanes) is 11. The van der Waals surface area contributed by atoms with Gasteiger partial charge in [0.25, 0.3) is 0 Å². The molecule has 0 saturated heterocycles. The van der Waals surface area contributed by atoms with Crippen molar-refractivity contribution >= 4 is 38.0 Å². The lowest BCUT2D eigenvalue weighted by Gasteiger charge is -2.46. The Hall–Kier alpha value is -2.46. The molecule has 3 aromatic rings. The number of carbonyl (C=O) groups excluding carboxylic acids is 1. The second-order valence-corrected chi connectivity index (χ2v) is 22.7. The molecule has 314 valence electrons. The van der Waals surface area contributed by atoms with Crippen molar-refractivity contribution in [3.05, 3.63) is 89.5 Å². The zero-order chi connectivity index (χ0) is 41.8. The number of esters is 1. The van der Waals surface area contributed by atoms with Gasteiger partial charge in [-0.3, -0.25) is 0 Å². The van der Waals surface area contributed by atoms with Gasteiger partial charge in [0.1, 0.15) is 0 Å². The predicted molar refractivity (Wildman–Crippen MR) is 230 cm³/mol. The Kier molecular flexibility index (Phi) is 17.5. The molecule has 0 aliphatic rings. The molecule has 0 N–H and O–H groups in total. The van der Waals surface area contributed by atoms with Crippen molar-refractivity contribution < 1.29 is 30.4 Å². The maximum Gasteiger partial charge on any atom is 0.466 e. The number of rotatable bonds is 21. The Morgan fingerprint density at radius 2 is 0.839 bits per heavy atom. The van der Waals surface area contributed by atoms with Crippen molar-refractivity contribution in [2.75, 3.05) is 12.5 Å². The van der Waals surface area contributed by atoms with Crippen LogP contribution in [-0.4, -0.2) is 32.1 Å². The molecule has 0 fully saturated rings. The fourth-order valence-corrected chi connectivity index (χ4v) is 13.3. The van der Waals surface area contributed by atoms with E-state index in [0.717, 1.165) is 54.7 Å². The Morgan fingerprint density at radius 1 is 0.536 bits per heavy atom. The summed E-state index contributed by atoms with van der Waals surface area (Å²) in [6.07, 6.45) is 12.3. The van der Waals surface area contributed by atoms with Gasteiger partial charge in [0.05, 0.1) is 6.61 Å². The van der Waals surface area contributed by atoms with E-state index in [1.54, 1.807) is 36.4 Å². The highest BCUT2D eigenvalue weighted by atomic mass is 35.5. The molecular weight excluding hydrogens is 770 g/mol. The highest BCUT2D eigenvalue weighted by Crippen LogP contribution is 2.74. The van der Waals surface area contributed by atoms with Gasteiger partial charge in [0.2, 0.25) is 0 Å². The van der Waals surface area contributed by atoms with Crippen molar-refractivity contribution in [3.63, 3.8) is 0 Å². The predicted octanol–water partition coefficient (Wildman–Crippen LogP) is 14.2. The molecule has 5 nitrogen and oxygen atoms in total. The van der Waals surface area contributed by atoms with Crippen LogP contribution in [0.4, 0.5) is 8.78 Å². The first-order valence-electron chi connectivity index (χ1n) is 20.3. The Balaban J connectivity index is 2.01. The van der Waals surface area contributed by atoms with Crippen LogP contribution in [0.3, 0.4) is 0 Å². The minimum absolute atomic E-state index is 0.309. The van der Waals surface area contributed by atoms with Crippen molar-refractivity contribution in [3.8, 4) is 0 Å². The number of benzene rings is 3. The van der Waals surface area contributed by atoms with Crippen LogP contribution in [0.1, 0.15) is 156 Å². The number of carbonyl (C=O) groups is 1. The van der Waals surface area contributed by atoms with E-state index in [0.29, 0.717) is 27.5 Å². The molecule has 0 aliphatic carbocycles. The number of hydrogen-bond acceptors (Lipinski definition) is 5. The van der Waals surface area contributed by atoms with Crippen LogP contribution in [0.25, 0.3) is 0 Å². The maximum absolute atomic E-state index is 16.4. The normalized spacial score (nSPS) is 13.5. The van der Waals surface area contributed by atoms with Crippen molar-refractivity contribution in [2.24, 2.45) is 0 Å². The zero-order valence-electron chi connectivity index (χ0n) is 35.3. The van der Waals surface area contributed by atoms with E-state index in [1.165, 1.54) is 32.1 Å². The highest BCUT2D eigenvalue weighted by molar-refractivity contribution is 8.33. The molecule has 3 rings (SSSR count). The SMILES string of the molecule is CC(C)(C)c1ccccc1S(OS(=O)(=O)C(F)(F)C(=O)OCCCCCCCCCCCCCCCl)(c1ccccc1C(C)(C)C)c1ccccc1C(C)(C)C. The van der Waals surface area contributed by atoms with Crippen LogP contribution >= 0.6 is 21.9 Å². The summed E-state index contributed by atoms with van der Waals surface area (Å²) in [7, 11) is -9.57. The largest absolute Gasteiger partial charge is 0.466 e. The smallest absolute Gasteiger partial charge is 0.460 e. The zero-order valence-corrected chi connectivity index (χ0v) is 37.7. The maximum atomic E-state index is 16.4. The molecule has 0 unspecified atom stereocenters. The molecular formula is C46H67ClF2O5S2. The van der Waals surface area contributed by atoms with Gasteiger partial charge >= 0.3 is 21.3 Å². The molecule has 0 heterocycles. The van der Waals surface area contributed by atoms with Gasteiger partial charge in [-0.25, -0.2) is 8.42 Å². The van der Waals surface area contributed by atoms with Crippen molar-refractivity contribution in [2.45, 2.75) is 176 Å². The monoisotopic (exact) mass is 836 g/mol. The number of halogens is 3. The summed E-state index contributed by atoms with van der Waals surface area (Å²) < 4.78 is 72.8. The molecule has 10 heteroatoms. The molecule has 0 aliphatic heterocycles. The number of ether oxygens (including phenoxy) is 1. The quantitative estimate of drug-likeness (QED) is 0.0607. The van der Waals surface area contributed by atoms with Crippen LogP contribution in [-0.2, 0) is 39.5 Å². The standard InChI is InChI=1S/C46H67ClF2O5S2/c1-43(2,3)36-28-20-23-31-39(36)55(40-32-24-21-29-37(40)44(4,5)6,41-33-25-22-30-38(41)45(7,8)9)54-56(51,52)46(48,49)42(50)53-35-27-19-17-15-13-11-10-12-14-16-18-26-34-47/h20-25,28-33H,10-19,26-27,34-35H2,1-9H3. The van der Waals surface area contributed by atoms with Gasteiger partial charge in [0.15, 0.2) is 0 Å². The van der Waals surface area contributed by atoms with E-state index in [2.05, 4.69) is 0 Å². The minimum Gasteiger partial charge on any atom is -0.460 e. The van der Waals surface area contributed by atoms with Crippen molar-refractivity contribution in [1.82, 2.24) is 0 Å². The highest BCUT2D eigenvalue weighted by Gasteiger charge is 2.59. The van der Waals surface area contributed by atoms with E-state index in [9.17, 15) is 13.2 Å². The summed E-state index contributed by atoms with van der Waals surface area (Å²) in [4.78, 5) is 14.6. The molecule has 0 bridgehead atoms. The first-order chi connectivity index (χ1) is 26.1. The molecule has 0 atom stereocenters. The van der Waals surface area contributed by atoms with Gasteiger partial charge in [-0.1, -0.05) is 181 Å². The fraction of sp³-hybridized carbons (Fsp3) is 0.587. The molecule has 0 amide bonds. The van der Waals surface area contributed by atoms with E-state index >= 15 is 8.78 Å². The van der Waals surface area contributed by atoms with Gasteiger partial charge in [-0.2, -0.15) is 17.2 Å². The fourth-order valence-electron chi connectivity index (χ4n) is 6.97. The Morgan fingerprint density at radius 3 is 1.16 bits per heavy atom. The lowest BCUT2D eigenvalue weighted by molar-refractivity contribution is -0.161. The molecule has 0 aromatic heterocycles. The number of alkyl halides is 3. The molecule has 56 heavy (non-hydrogen) atoms. The lowest BCUT2D eigenvalue weighted by atomic mass is 9.87. The molecule has 0 spiro atoms. The average Bonchev–Trinajstić information content (AvgIpc) is 3.12. The molecule has 0 radical (unpaired) electrons. The van der Waals surface area contributed by atoms with Gasteiger partial charge in [-0.05, 0) is 74.3 Å². The van der Waals surface area contributed by atoms with Gasteiger partial charge in [-0.15, -0.1) is 11.6 Å². The van der Waals surface area contributed by atoms with E-state index < -0.39 is 47.9 Å². The average molecular weight is 838 g/mol. The van der Waals surface area contributed by atoms with Crippen LogP contribution in [0.2, 0.25) is 0 Å². The summed E-state index contributed by atoms with van der Waals surface area (Å²) in [5.41, 5.74) is 0.549. The van der Waals surface area contributed by atoms with Crippen molar-refractivity contribution in [1.29, 1.82) is 0 Å². The van der Waals surface area contributed by atoms with E-state index in [-0.39, 0.29) is 6.61 Å².